The van der Waals surface area contributed by atoms with Gasteiger partial charge in [-0.05, 0) is 48.4 Å². The van der Waals surface area contributed by atoms with Crippen LogP contribution < -0.4 is 5.32 Å². The van der Waals surface area contributed by atoms with E-state index in [0.29, 0.717) is 6.04 Å². The SMILES string of the molecule is CCC(NCc1cc(C)c(F)c(C)c1)c1cccs1. The van der Waals surface area contributed by atoms with Gasteiger partial charge in [0.1, 0.15) is 5.82 Å². The summed E-state index contributed by atoms with van der Waals surface area (Å²) in [6.07, 6.45) is 1.06. The van der Waals surface area contributed by atoms with Gasteiger partial charge in [0.05, 0.1) is 0 Å². The van der Waals surface area contributed by atoms with Crippen LogP contribution in [0.25, 0.3) is 0 Å². The molecule has 3 heteroatoms. The Morgan fingerprint density at radius 1 is 1.26 bits per heavy atom. The fraction of sp³-hybridized carbons (Fsp3) is 0.375. The lowest BCUT2D eigenvalue weighted by Gasteiger charge is -2.16. The van der Waals surface area contributed by atoms with Crippen LogP contribution in [-0.2, 0) is 6.54 Å². The molecule has 0 fully saturated rings. The predicted molar refractivity (Wildman–Crippen MR) is 80.1 cm³/mol. The second-order valence-electron chi connectivity index (χ2n) is 4.90. The monoisotopic (exact) mass is 277 g/mol. The molecule has 0 aliphatic carbocycles. The van der Waals surface area contributed by atoms with Gasteiger partial charge in [-0.25, -0.2) is 4.39 Å². The minimum atomic E-state index is -0.0888. The smallest absolute Gasteiger partial charge is 0.129 e. The van der Waals surface area contributed by atoms with Crippen LogP contribution in [0.2, 0.25) is 0 Å². The van der Waals surface area contributed by atoms with Crippen molar-refractivity contribution >= 4 is 11.3 Å². The van der Waals surface area contributed by atoms with Gasteiger partial charge in [-0.2, -0.15) is 0 Å². The molecular formula is C16H20FNS. The summed E-state index contributed by atoms with van der Waals surface area (Å²) >= 11 is 1.78. The Morgan fingerprint density at radius 3 is 2.47 bits per heavy atom. The first-order valence-corrected chi connectivity index (χ1v) is 7.52. The number of aryl methyl sites for hydroxylation is 2. The fourth-order valence-electron chi connectivity index (χ4n) is 2.31. The zero-order chi connectivity index (χ0) is 13.8. The maximum absolute atomic E-state index is 13.6. The largest absolute Gasteiger partial charge is 0.305 e. The normalized spacial score (nSPS) is 12.6. The van der Waals surface area contributed by atoms with Crippen LogP contribution in [0, 0.1) is 19.7 Å². The van der Waals surface area contributed by atoms with Crippen molar-refractivity contribution in [3.63, 3.8) is 0 Å². The van der Waals surface area contributed by atoms with Crippen LogP contribution in [0.5, 0.6) is 0 Å². The van der Waals surface area contributed by atoms with E-state index in [0.717, 1.165) is 29.7 Å². The van der Waals surface area contributed by atoms with E-state index in [1.807, 2.05) is 26.0 Å². The third-order valence-corrected chi connectivity index (χ3v) is 4.33. The summed E-state index contributed by atoms with van der Waals surface area (Å²) in [6.45, 7) is 6.60. The standard InChI is InChI=1S/C16H20FNS/c1-4-14(15-6-5-7-19-15)18-10-13-8-11(2)16(17)12(3)9-13/h5-9,14,18H,4,10H2,1-3H3. The lowest BCUT2D eigenvalue weighted by Crippen LogP contribution is -2.19. The molecule has 19 heavy (non-hydrogen) atoms. The van der Waals surface area contributed by atoms with Crippen molar-refractivity contribution in [1.29, 1.82) is 0 Å². The van der Waals surface area contributed by atoms with Gasteiger partial charge in [0.2, 0.25) is 0 Å². The number of halogens is 1. The molecule has 0 bridgehead atoms. The van der Waals surface area contributed by atoms with Gasteiger partial charge in [-0.1, -0.05) is 25.1 Å². The first-order chi connectivity index (χ1) is 9.11. The van der Waals surface area contributed by atoms with E-state index in [4.69, 9.17) is 0 Å². The molecular weight excluding hydrogens is 257 g/mol. The summed E-state index contributed by atoms with van der Waals surface area (Å²) in [5.74, 6) is -0.0888. The molecule has 1 nitrogen and oxygen atoms in total. The zero-order valence-corrected chi connectivity index (χ0v) is 12.5. The summed E-state index contributed by atoms with van der Waals surface area (Å²) in [6, 6.07) is 8.47. The lowest BCUT2D eigenvalue weighted by atomic mass is 10.1. The number of benzene rings is 1. The molecule has 0 spiro atoms. The Kier molecular flexibility index (Phi) is 4.72. The molecule has 1 aromatic heterocycles. The number of rotatable bonds is 5. The molecule has 0 saturated carbocycles. The Morgan fingerprint density at radius 2 is 1.95 bits per heavy atom. The number of nitrogens with one attached hydrogen (secondary N) is 1. The molecule has 1 unspecified atom stereocenters. The number of hydrogen-bond donors (Lipinski definition) is 1. The molecule has 102 valence electrons. The van der Waals surface area contributed by atoms with Crippen molar-refractivity contribution in [2.24, 2.45) is 0 Å². The fourth-order valence-corrected chi connectivity index (χ4v) is 3.20. The van der Waals surface area contributed by atoms with E-state index >= 15 is 0 Å². The van der Waals surface area contributed by atoms with E-state index in [1.54, 1.807) is 11.3 Å². The lowest BCUT2D eigenvalue weighted by molar-refractivity contribution is 0.525. The van der Waals surface area contributed by atoms with Crippen LogP contribution in [-0.4, -0.2) is 0 Å². The molecule has 0 aliphatic heterocycles. The van der Waals surface area contributed by atoms with Gasteiger partial charge in [-0.15, -0.1) is 11.3 Å². The van der Waals surface area contributed by atoms with Crippen molar-refractivity contribution in [3.05, 3.63) is 57.0 Å². The van der Waals surface area contributed by atoms with E-state index in [1.165, 1.54) is 4.88 Å². The molecule has 1 heterocycles. The molecule has 1 N–H and O–H groups in total. The maximum atomic E-state index is 13.6. The van der Waals surface area contributed by atoms with Crippen molar-refractivity contribution in [2.45, 2.75) is 39.8 Å². The summed E-state index contributed by atoms with van der Waals surface area (Å²) in [4.78, 5) is 1.36. The molecule has 2 rings (SSSR count). The predicted octanol–water partition coefficient (Wildman–Crippen LogP) is 4.74. The average molecular weight is 277 g/mol. The Bertz CT molecular complexity index is 511. The first kappa shape index (κ1) is 14.2. The second kappa shape index (κ2) is 6.31. The Balaban J connectivity index is 2.06. The third-order valence-electron chi connectivity index (χ3n) is 3.34. The van der Waals surface area contributed by atoms with E-state index in [9.17, 15) is 4.39 Å². The van der Waals surface area contributed by atoms with E-state index in [2.05, 4.69) is 29.8 Å². The highest BCUT2D eigenvalue weighted by molar-refractivity contribution is 7.10. The van der Waals surface area contributed by atoms with Crippen molar-refractivity contribution < 1.29 is 4.39 Å². The highest BCUT2D eigenvalue weighted by atomic mass is 32.1. The third kappa shape index (κ3) is 3.43. The van der Waals surface area contributed by atoms with E-state index < -0.39 is 0 Å². The summed E-state index contributed by atoms with van der Waals surface area (Å²) in [7, 11) is 0. The van der Waals surface area contributed by atoms with Gasteiger partial charge in [0, 0.05) is 17.5 Å². The summed E-state index contributed by atoms with van der Waals surface area (Å²) in [5, 5.41) is 5.65. The minimum absolute atomic E-state index is 0.0888. The van der Waals surface area contributed by atoms with Crippen LogP contribution in [0.3, 0.4) is 0 Å². The highest BCUT2D eigenvalue weighted by Crippen LogP contribution is 2.22. The first-order valence-electron chi connectivity index (χ1n) is 6.64. The molecule has 2 aromatic rings. The zero-order valence-electron chi connectivity index (χ0n) is 11.7. The maximum Gasteiger partial charge on any atom is 0.129 e. The second-order valence-corrected chi connectivity index (χ2v) is 5.88. The molecule has 0 saturated heterocycles. The van der Waals surface area contributed by atoms with Crippen LogP contribution in [0.15, 0.2) is 29.6 Å². The average Bonchev–Trinajstić information content (AvgIpc) is 2.90. The number of thiophene rings is 1. The van der Waals surface area contributed by atoms with E-state index in [-0.39, 0.29) is 5.82 Å². The quantitative estimate of drug-likeness (QED) is 0.832. The van der Waals surface area contributed by atoms with Crippen molar-refractivity contribution in [1.82, 2.24) is 5.32 Å². The van der Waals surface area contributed by atoms with Crippen LogP contribution in [0.4, 0.5) is 4.39 Å². The van der Waals surface area contributed by atoms with Crippen molar-refractivity contribution in [2.75, 3.05) is 0 Å². The molecule has 0 radical (unpaired) electrons. The van der Waals surface area contributed by atoms with Gasteiger partial charge in [-0.3, -0.25) is 0 Å². The molecule has 1 aromatic carbocycles. The van der Waals surface area contributed by atoms with Gasteiger partial charge in [0.15, 0.2) is 0 Å². The summed E-state index contributed by atoms with van der Waals surface area (Å²) in [5.41, 5.74) is 2.59. The molecule has 1 atom stereocenters. The topological polar surface area (TPSA) is 12.0 Å². The van der Waals surface area contributed by atoms with Crippen molar-refractivity contribution in [3.8, 4) is 0 Å². The molecule has 0 amide bonds. The van der Waals surface area contributed by atoms with Gasteiger partial charge < -0.3 is 5.32 Å². The van der Waals surface area contributed by atoms with Gasteiger partial charge in [0.25, 0.3) is 0 Å². The van der Waals surface area contributed by atoms with Crippen LogP contribution in [0.1, 0.15) is 41.0 Å². The highest BCUT2D eigenvalue weighted by Gasteiger charge is 2.10. The Hall–Kier alpha value is -1.19. The number of hydrogen-bond acceptors (Lipinski definition) is 2. The summed E-state index contributed by atoms with van der Waals surface area (Å²) < 4.78 is 13.6. The minimum Gasteiger partial charge on any atom is -0.305 e. The van der Waals surface area contributed by atoms with Crippen LogP contribution >= 0.6 is 11.3 Å². The Labute approximate surface area is 118 Å². The molecule has 0 aliphatic rings. The van der Waals surface area contributed by atoms with Gasteiger partial charge >= 0.3 is 0 Å².